The Kier molecular flexibility index (Phi) is 5.17. The topological polar surface area (TPSA) is 72.1 Å². The molecule has 2 N–H and O–H groups in total. The Bertz CT molecular complexity index is 584. The van der Waals surface area contributed by atoms with Crippen molar-refractivity contribution < 1.29 is 4.79 Å². The molecule has 1 fully saturated rings. The number of likely N-dealkylation sites (tertiary alicyclic amines) is 1. The van der Waals surface area contributed by atoms with Gasteiger partial charge in [0, 0.05) is 18.2 Å². The second kappa shape index (κ2) is 6.88. The molecule has 1 unspecified atom stereocenters. The number of thiazole rings is 1. The number of hydrogen-bond donors (Lipinski definition) is 1. The summed E-state index contributed by atoms with van der Waals surface area (Å²) in [5, 5.41) is 0.510. The molecule has 0 saturated carbocycles. The Morgan fingerprint density at radius 2 is 2.20 bits per heavy atom. The molecule has 2 aromatic heterocycles. The van der Waals surface area contributed by atoms with Gasteiger partial charge in [-0.1, -0.05) is 11.3 Å². The molecule has 2 aromatic rings. The molecule has 0 aromatic carbocycles. The van der Waals surface area contributed by atoms with Crippen molar-refractivity contribution in [2.45, 2.75) is 18.8 Å². The van der Waals surface area contributed by atoms with Crippen LogP contribution in [0.2, 0.25) is 0 Å². The molecule has 20 heavy (non-hydrogen) atoms. The van der Waals surface area contributed by atoms with E-state index in [4.69, 9.17) is 0 Å². The minimum atomic E-state index is 0.509. The van der Waals surface area contributed by atoms with Crippen LogP contribution in [0.15, 0.2) is 12.1 Å². The molecule has 1 saturated heterocycles. The number of nitrogens with two attached hydrogens (primary N) is 1. The second-order valence-electron chi connectivity index (χ2n) is 4.83. The lowest BCUT2D eigenvalue weighted by Crippen LogP contribution is -2.31. The van der Waals surface area contributed by atoms with Crippen molar-refractivity contribution in [1.82, 2.24) is 14.9 Å². The summed E-state index contributed by atoms with van der Waals surface area (Å²) < 4.78 is 0. The zero-order chi connectivity index (χ0) is 14.5. The van der Waals surface area contributed by atoms with Crippen molar-refractivity contribution in [2.75, 3.05) is 27.2 Å². The lowest BCUT2D eigenvalue weighted by Gasteiger charge is -2.29. The number of nitrogens with zero attached hydrogens (tertiary/aromatic N) is 3. The van der Waals surface area contributed by atoms with Crippen LogP contribution in [0.25, 0.3) is 10.3 Å². The molecule has 0 radical (unpaired) electrons. The van der Waals surface area contributed by atoms with Gasteiger partial charge in [0.2, 0.25) is 0 Å². The first-order chi connectivity index (χ1) is 9.76. The first-order valence-corrected chi connectivity index (χ1v) is 7.57. The Labute approximate surface area is 122 Å². The maximum Gasteiger partial charge on any atom is 0.178 e. The number of rotatable bonds is 2. The zero-order valence-corrected chi connectivity index (χ0v) is 12.7. The van der Waals surface area contributed by atoms with Gasteiger partial charge in [0.1, 0.15) is 10.3 Å². The average molecular weight is 292 g/mol. The average Bonchev–Trinajstić information content (AvgIpc) is 2.91. The summed E-state index contributed by atoms with van der Waals surface area (Å²) in [5.41, 5.74) is 6.46. The molecule has 3 rings (SSSR count). The molecular formula is C14H20N4OS. The van der Waals surface area contributed by atoms with Crippen molar-refractivity contribution in [2.24, 2.45) is 5.73 Å². The Hall–Kier alpha value is -1.37. The highest BCUT2D eigenvalue weighted by molar-refractivity contribution is 7.19. The number of aromatic nitrogens is 2. The molecule has 6 heteroatoms. The zero-order valence-electron chi connectivity index (χ0n) is 11.9. The van der Waals surface area contributed by atoms with E-state index in [-0.39, 0.29) is 0 Å². The highest BCUT2D eigenvalue weighted by Crippen LogP contribution is 2.27. The SMILES string of the molecule is CN.CN1CCCC(c2ccc3nc(C=O)sc3n2)C1. The van der Waals surface area contributed by atoms with Gasteiger partial charge in [-0.2, -0.15) is 0 Å². The van der Waals surface area contributed by atoms with Crippen molar-refractivity contribution >= 4 is 28.0 Å². The summed E-state index contributed by atoms with van der Waals surface area (Å²) in [6.07, 6.45) is 3.21. The van der Waals surface area contributed by atoms with Crippen LogP contribution in [0.4, 0.5) is 0 Å². The summed E-state index contributed by atoms with van der Waals surface area (Å²) >= 11 is 1.37. The Morgan fingerprint density at radius 3 is 2.90 bits per heavy atom. The first-order valence-electron chi connectivity index (χ1n) is 6.75. The maximum absolute atomic E-state index is 10.7. The molecule has 0 spiro atoms. The van der Waals surface area contributed by atoms with Gasteiger partial charge < -0.3 is 10.6 Å². The predicted octanol–water partition coefficient (Wildman–Crippen LogP) is 1.89. The van der Waals surface area contributed by atoms with E-state index in [9.17, 15) is 4.79 Å². The van der Waals surface area contributed by atoms with Crippen LogP contribution in [0.3, 0.4) is 0 Å². The van der Waals surface area contributed by atoms with Crippen LogP contribution in [-0.4, -0.2) is 48.3 Å². The highest BCUT2D eigenvalue weighted by Gasteiger charge is 2.20. The summed E-state index contributed by atoms with van der Waals surface area (Å²) in [6, 6.07) is 4.04. The van der Waals surface area contributed by atoms with Crippen molar-refractivity contribution in [3.63, 3.8) is 0 Å². The van der Waals surface area contributed by atoms with Gasteiger partial charge >= 0.3 is 0 Å². The largest absolute Gasteiger partial charge is 0.333 e. The van der Waals surface area contributed by atoms with Gasteiger partial charge in [0.05, 0.1) is 0 Å². The lowest BCUT2D eigenvalue weighted by atomic mass is 9.95. The van der Waals surface area contributed by atoms with E-state index in [0.29, 0.717) is 10.9 Å². The summed E-state index contributed by atoms with van der Waals surface area (Å²) in [4.78, 5) is 22.8. The molecule has 1 aliphatic heterocycles. The van der Waals surface area contributed by atoms with Gasteiger partial charge in [-0.05, 0) is 45.6 Å². The number of hydrogen-bond acceptors (Lipinski definition) is 6. The van der Waals surface area contributed by atoms with E-state index in [2.05, 4.69) is 33.7 Å². The van der Waals surface area contributed by atoms with E-state index in [1.165, 1.54) is 37.8 Å². The summed E-state index contributed by atoms with van der Waals surface area (Å²) in [5.74, 6) is 0.509. The third kappa shape index (κ3) is 3.20. The van der Waals surface area contributed by atoms with E-state index in [1.807, 2.05) is 6.07 Å². The van der Waals surface area contributed by atoms with Crippen molar-refractivity contribution in [3.05, 3.63) is 22.8 Å². The Morgan fingerprint density at radius 1 is 1.40 bits per heavy atom. The smallest absolute Gasteiger partial charge is 0.178 e. The number of likely N-dealkylation sites (N-methyl/N-ethyl adjacent to an activating group) is 1. The molecule has 5 nitrogen and oxygen atoms in total. The summed E-state index contributed by atoms with van der Waals surface area (Å²) in [6.45, 7) is 2.24. The van der Waals surface area contributed by atoms with Crippen LogP contribution >= 0.6 is 11.3 Å². The van der Waals surface area contributed by atoms with Crippen LogP contribution in [0.1, 0.15) is 34.3 Å². The van der Waals surface area contributed by atoms with Crippen LogP contribution in [0, 0.1) is 0 Å². The quantitative estimate of drug-likeness (QED) is 0.856. The molecule has 0 amide bonds. The highest BCUT2D eigenvalue weighted by atomic mass is 32.1. The van der Waals surface area contributed by atoms with Crippen molar-refractivity contribution in [3.8, 4) is 0 Å². The fourth-order valence-corrected chi connectivity index (χ4v) is 3.29. The summed E-state index contributed by atoms with van der Waals surface area (Å²) in [7, 11) is 3.65. The van der Waals surface area contributed by atoms with Gasteiger partial charge in [-0.3, -0.25) is 4.79 Å². The molecule has 1 aliphatic rings. The number of carbonyl (C=O) groups excluding carboxylic acids is 1. The number of pyridine rings is 1. The van der Waals surface area contributed by atoms with Gasteiger partial charge in [0.15, 0.2) is 11.3 Å². The first kappa shape index (κ1) is 15.0. The number of piperidine rings is 1. The fourth-order valence-electron chi connectivity index (χ4n) is 2.53. The minimum Gasteiger partial charge on any atom is -0.333 e. The molecular weight excluding hydrogens is 272 g/mol. The lowest BCUT2D eigenvalue weighted by molar-refractivity contribution is 0.112. The van der Waals surface area contributed by atoms with E-state index < -0.39 is 0 Å². The van der Waals surface area contributed by atoms with Crippen LogP contribution in [0.5, 0.6) is 0 Å². The maximum atomic E-state index is 10.7. The molecule has 108 valence electrons. The van der Waals surface area contributed by atoms with Crippen LogP contribution in [-0.2, 0) is 0 Å². The third-order valence-electron chi connectivity index (χ3n) is 3.44. The standard InChI is InChI=1S/C13H15N3OS.CH5N/c1-16-6-2-3-9(7-16)10-4-5-11-13(15-10)18-12(8-17)14-11;1-2/h4-5,8-9H,2-3,6-7H2,1H3;2H2,1H3. The van der Waals surface area contributed by atoms with Gasteiger partial charge in [-0.15, -0.1) is 0 Å². The molecule has 3 heterocycles. The number of aldehydes is 1. The number of fused-ring (bicyclic) bond motifs is 1. The van der Waals surface area contributed by atoms with Gasteiger partial charge in [-0.25, -0.2) is 9.97 Å². The fraction of sp³-hybridized carbons (Fsp3) is 0.500. The molecule has 0 bridgehead atoms. The monoisotopic (exact) mass is 292 g/mol. The molecule has 0 aliphatic carbocycles. The second-order valence-corrected chi connectivity index (χ2v) is 5.84. The van der Waals surface area contributed by atoms with E-state index in [0.717, 1.165) is 28.9 Å². The normalized spacial score (nSPS) is 19.4. The predicted molar refractivity (Wildman–Crippen MR) is 82.4 cm³/mol. The third-order valence-corrected chi connectivity index (χ3v) is 4.33. The molecule has 1 atom stereocenters. The van der Waals surface area contributed by atoms with E-state index >= 15 is 0 Å². The van der Waals surface area contributed by atoms with E-state index in [1.54, 1.807) is 0 Å². The Balaban J connectivity index is 0.000000704. The van der Waals surface area contributed by atoms with Crippen molar-refractivity contribution in [1.29, 1.82) is 0 Å². The van der Waals surface area contributed by atoms with Gasteiger partial charge in [0.25, 0.3) is 0 Å². The number of carbonyl (C=O) groups is 1. The van der Waals surface area contributed by atoms with Crippen LogP contribution < -0.4 is 5.73 Å². The minimum absolute atomic E-state index is 0.509.